The Balaban J connectivity index is 1.88. The Hall–Kier alpha value is -3.98. The lowest BCUT2D eigenvalue weighted by atomic mass is 9.94. The zero-order valence-corrected chi connectivity index (χ0v) is 22.1. The molecular weight excluding hydrogens is 492 g/mol. The molecule has 2 heterocycles. The minimum absolute atomic E-state index is 0.0528. The van der Waals surface area contributed by atoms with Crippen LogP contribution in [0.4, 0.5) is 5.13 Å². The molecule has 0 radical (unpaired) electrons. The third kappa shape index (κ3) is 4.86. The highest BCUT2D eigenvalue weighted by Gasteiger charge is 2.48. The lowest BCUT2D eigenvalue weighted by molar-refractivity contribution is -0.132. The number of amides is 1. The van der Waals surface area contributed by atoms with Gasteiger partial charge in [0.1, 0.15) is 16.4 Å². The van der Waals surface area contributed by atoms with E-state index in [1.54, 1.807) is 37.3 Å². The van der Waals surface area contributed by atoms with E-state index in [9.17, 15) is 19.5 Å². The van der Waals surface area contributed by atoms with Gasteiger partial charge in [0.25, 0.3) is 5.78 Å². The van der Waals surface area contributed by atoms with Crippen LogP contribution in [0.5, 0.6) is 5.75 Å². The normalized spacial score (nSPS) is 16.8. The van der Waals surface area contributed by atoms with Crippen LogP contribution in [0.3, 0.4) is 0 Å². The minimum Gasteiger partial charge on any atom is -0.507 e. The van der Waals surface area contributed by atoms with Gasteiger partial charge in [0.15, 0.2) is 5.13 Å². The Kier molecular flexibility index (Phi) is 7.45. The number of esters is 1. The SMILES string of the molecule is CCCOc1ccc(/C(O)=C2/C(=O)C(=O)N(c3nc(C)c(C(=O)OC)s3)C2c2ccc(C)cc2)cc1C. The van der Waals surface area contributed by atoms with Crippen LogP contribution in [-0.2, 0) is 14.3 Å². The van der Waals surface area contributed by atoms with E-state index >= 15 is 0 Å². The number of Topliss-reactive ketones (excluding diaryl/α,β-unsaturated/α-hetero) is 1. The standard InChI is InChI=1S/C28H28N2O6S/c1-6-13-36-20-12-11-19(14-16(20)3)23(31)21-22(18-9-7-15(2)8-10-18)30(26(33)24(21)32)28-29-17(4)25(37-28)27(34)35-5/h7-12,14,22,31H,6,13H2,1-5H3/b23-21-. The summed E-state index contributed by atoms with van der Waals surface area (Å²) in [5, 5.41) is 11.6. The van der Waals surface area contributed by atoms with E-state index in [-0.39, 0.29) is 21.3 Å². The molecule has 1 amide bonds. The molecule has 1 atom stereocenters. The van der Waals surface area contributed by atoms with Gasteiger partial charge in [-0.25, -0.2) is 9.78 Å². The van der Waals surface area contributed by atoms with Crippen molar-refractivity contribution >= 4 is 39.9 Å². The average molecular weight is 521 g/mol. The summed E-state index contributed by atoms with van der Waals surface area (Å²) in [6.07, 6.45) is 0.856. The number of hydrogen-bond acceptors (Lipinski definition) is 8. The first kappa shape index (κ1) is 26.1. The van der Waals surface area contributed by atoms with Crippen molar-refractivity contribution < 1.29 is 29.0 Å². The predicted octanol–water partition coefficient (Wildman–Crippen LogP) is 5.27. The Morgan fingerprint density at radius 2 is 1.81 bits per heavy atom. The van der Waals surface area contributed by atoms with E-state index < -0.39 is 23.7 Å². The van der Waals surface area contributed by atoms with Gasteiger partial charge in [-0.15, -0.1) is 0 Å². The molecule has 1 unspecified atom stereocenters. The molecule has 1 aromatic heterocycles. The summed E-state index contributed by atoms with van der Waals surface area (Å²) in [7, 11) is 1.26. The van der Waals surface area contributed by atoms with Crippen molar-refractivity contribution in [3.05, 3.63) is 80.9 Å². The van der Waals surface area contributed by atoms with Gasteiger partial charge >= 0.3 is 11.9 Å². The molecule has 0 aliphatic carbocycles. The fourth-order valence-corrected chi connectivity index (χ4v) is 5.20. The third-order valence-electron chi connectivity index (χ3n) is 6.11. The molecule has 3 aromatic rings. The summed E-state index contributed by atoms with van der Waals surface area (Å²) in [6, 6.07) is 11.5. The van der Waals surface area contributed by atoms with E-state index in [4.69, 9.17) is 9.47 Å². The molecule has 4 rings (SSSR count). The highest BCUT2D eigenvalue weighted by Crippen LogP contribution is 2.44. The molecule has 1 aliphatic rings. The molecule has 192 valence electrons. The van der Waals surface area contributed by atoms with Gasteiger partial charge in [-0.3, -0.25) is 14.5 Å². The Morgan fingerprint density at radius 3 is 2.43 bits per heavy atom. The fraction of sp³-hybridized carbons (Fsp3) is 0.286. The number of thiazole rings is 1. The van der Waals surface area contributed by atoms with Gasteiger partial charge < -0.3 is 14.6 Å². The summed E-state index contributed by atoms with van der Waals surface area (Å²) in [5.74, 6) is -1.86. The predicted molar refractivity (Wildman–Crippen MR) is 141 cm³/mol. The number of carbonyl (C=O) groups excluding carboxylic acids is 3. The second-order valence-corrected chi connectivity index (χ2v) is 9.79. The van der Waals surface area contributed by atoms with Crippen molar-refractivity contribution in [2.45, 2.75) is 40.2 Å². The van der Waals surface area contributed by atoms with Crippen molar-refractivity contribution in [3.63, 3.8) is 0 Å². The van der Waals surface area contributed by atoms with E-state index in [2.05, 4.69) is 4.98 Å². The number of hydrogen-bond donors (Lipinski definition) is 1. The number of aliphatic hydroxyl groups is 1. The maximum atomic E-state index is 13.4. The Morgan fingerprint density at radius 1 is 1.11 bits per heavy atom. The maximum absolute atomic E-state index is 13.4. The molecule has 9 heteroatoms. The third-order valence-corrected chi connectivity index (χ3v) is 7.25. The first-order valence-electron chi connectivity index (χ1n) is 11.8. The molecule has 0 spiro atoms. The topological polar surface area (TPSA) is 106 Å². The summed E-state index contributed by atoms with van der Waals surface area (Å²) < 4.78 is 10.6. The van der Waals surface area contributed by atoms with Gasteiger partial charge in [-0.05, 0) is 56.5 Å². The fourth-order valence-electron chi connectivity index (χ4n) is 4.19. The van der Waals surface area contributed by atoms with Gasteiger partial charge in [0.2, 0.25) is 0 Å². The van der Waals surface area contributed by atoms with Crippen molar-refractivity contribution in [2.24, 2.45) is 0 Å². The van der Waals surface area contributed by atoms with Crippen LogP contribution in [0.15, 0.2) is 48.0 Å². The number of rotatable bonds is 7. The first-order chi connectivity index (χ1) is 17.7. The van der Waals surface area contributed by atoms with Crippen molar-refractivity contribution in [2.75, 3.05) is 18.6 Å². The Labute approximate surface area is 219 Å². The van der Waals surface area contributed by atoms with Crippen LogP contribution in [0.1, 0.15) is 57.0 Å². The zero-order valence-electron chi connectivity index (χ0n) is 21.3. The molecule has 0 bridgehead atoms. The first-order valence-corrected chi connectivity index (χ1v) is 12.7. The van der Waals surface area contributed by atoms with Crippen LogP contribution in [-0.4, -0.2) is 41.5 Å². The molecule has 0 saturated carbocycles. The second kappa shape index (κ2) is 10.6. The Bertz CT molecular complexity index is 1410. The van der Waals surface area contributed by atoms with Gasteiger partial charge in [0, 0.05) is 5.56 Å². The van der Waals surface area contributed by atoms with Gasteiger partial charge in [0.05, 0.1) is 31.0 Å². The molecule has 1 aliphatic heterocycles. The van der Waals surface area contributed by atoms with Crippen LogP contribution in [0.25, 0.3) is 5.76 Å². The number of ether oxygens (including phenoxy) is 2. The highest BCUT2D eigenvalue weighted by atomic mass is 32.1. The number of aromatic nitrogens is 1. The number of aliphatic hydroxyl groups excluding tert-OH is 1. The maximum Gasteiger partial charge on any atom is 0.350 e. The summed E-state index contributed by atoms with van der Waals surface area (Å²) in [6.45, 7) is 7.99. The van der Waals surface area contributed by atoms with Crippen LogP contribution in [0, 0.1) is 20.8 Å². The summed E-state index contributed by atoms with van der Waals surface area (Å²) in [4.78, 5) is 44.8. The van der Waals surface area contributed by atoms with Crippen molar-refractivity contribution in [3.8, 4) is 5.75 Å². The van der Waals surface area contributed by atoms with Gasteiger partial charge in [-0.1, -0.05) is 48.1 Å². The molecule has 8 nitrogen and oxygen atoms in total. The lowest BCUT2D eigenvalue weighted by Gasteiger charge is -2.23. The van der Waals surface area contributed by atoms with Crippen molar-refractivity contribution in [1.82, 2.24) is 4.98 Å². The molecule has 1 saturated heterocycles. The molecule has 2 aromatic carbocycles. The number of methoxy groups -OCH3 is 1. The van der Waals surface area contributed by atoms with Crippen LogP contribution >= 0.6 is 11.3 Å². The summed E-state index contributed by atoms with van der Waals surface area (Å²) >= 11 is 0.965. The van der Waals surface area contributed by atoms with E-state index in [1.807, 2.05) is 32.9 Å². The number of anilines is 1. The number of aryl methyl sites for hydroxylation is 3. The molecular formula is C28H28N2O6S. The number of carbonyl (C=O) groups is 3. The molecule has 1 fully saturated rings. The van der Waals surface area contributed by atoms with Crippen molar-refractivity contribution in [1.29, 1.82) is 0 Å². The second-order valence-electron chi connectivity index (χ2n) is 8.81. The lowest BCUT2D eigenvalue weighted by Crippen LogP contribution is -2.29. The zero-order chi connectivity index (χ0) is 26.9. The average Bonchev–Trinajstić information content (AvgIpc) is 3.39. The van der Waals surface area contributed by atoms with E-state index in [1.165, 1.54) is 12.0 Å². The quantitative estimate of drug-likeness (QED) is 0.196. The number of nitrogens with zero attached hydrogens (tertiary/aromatic N) is 2. The van der Waals surface area contributed by atoms with E-state index in [0.29, 0.717) is 29.2 Å². The smallest absolute Gasteiger partial charge is 0.350 e. The molecule has 1 N–H and O–H groups in total. The van der Waals surface area contributed by atoms with Gasteiger partial charge in [-0.2, -0.15) is 0 Å². The van der Waals surface area contributed by atoms with Crippen LogP contribution < -0.4 is 9.64 Å². The molecule has 37 heavy (non-hydrogen) atoms. The summed E-state index contributed by atoms with van der Waals surface area (Å²) in [5.41, 5.74) is 3.13. The monoisotopic (exact) mass is 520 g/mol. The highest BCUT2D eigenvalue weighted by molar-refractivity contribution is 7.17. The van der Waals surface area contributed by atoms with Crippen LogP contribution in [0.2, 0.25) is 0 Å². The number of benzene rings is 2. The number of ketones is 1. The largest absolute Gasteiger partial charge is 0.507 e. The van der Waals surface area contributed by atoms with E-state index in [0.717, 1.165) is 28.9 Å². The minimum atomic E-state index is -0.937.